The number of Topliss-reactive ketones (excluding diaryl/α,β-unsaturated/α-hetero) is 1. The number of hydrogen-bond acceptors (Lipinski definition) is 5. The van der Waals surface area contributed by atoms with Crippen molar-refractivity contribution >= 4 is 36.0 Å². The van der Waals surface area contributed by atoms with Crippen LogP contribution in [0, 0.1) is 17.8 Å². The van der Waals surface area contributed by atoms with Gasteiger partial charge in [0, 0.05) is 35.8 Å². The van der Waals surface area contributed by atoms with Crippen molar-refractivity contribution in [2.75, 3.05) is 6.61 Å². The Kier molecular flexibility index (Phi) is 9.06. The third kappa shape index (κ3) is 7.15. The zero-order valence-electron chi connectivity index (χ0n) is 21.2. The Morgan fingerprint density at radius 2 is 1.83 bits per heavy atom. The predicted octanol–water partition coefficient (Wildman–Crippen LogP) is 6.68. The van der Waals surface area contributed by atoms with Crippen molar-refractivity contribution in [3.05, 3.63) is 46.5 Å². The van der Waals surface area contributed by atoms with Crippen LogP contribution in [0.3, 0.4) is 0 Å². The minimum Gasteiger partial charge on any atom is -0.458 e. The second-order valence-corrected chi connectivity index (χ2v) is 16.6. The molecule has 7 heteroatoms. The Labute approximate surface area is 219 Å². The van der Waals surface area contributed by atoms with Crippen molar-refractivity contribution in [1.82, 2.24) is 0 Å². The van der Waals surface area contributed by atoms with Gasteiger partial charge in [-0.3, -0.25) is 4.79 Å². The van der Waals surface area contributed by atoms with E-state index in [1.54, 1.807) is 12.1 Å². The van der Waals surface area contributed by atoms with Crippen molar-refractivity contribution in [3.63, 3.8) is 0 Å². The zero-order chi connectivity index (χ0) is 25.0. The van der Waals surface area contributed by atoms with Crippen molar-refractivity contribution in [1.29, 1.82) is 0 Å². The quantitative estimate of drug-likeness (QED) is 0.248. The fourth-order valence-corrected chi connectivity index (χ4v) is 7.63. The van der Waals surface area contributed by atoms with E-state index in [9.17, 15) is 9.59 Å². The number of ether oxygens (including phenoxy) is 2. The molecule has 0 N–H and O–H groups in total. The molecule has 0 amide bonds. The number of benzene rings is 1. The van der Waals surface area contributed by atoms with Gasteiger partial charge in [-0.25, -0.2) is 4.79 Å². The maximum absolute atomic E-state index is 13.2. The van der Waals surface area contributed by atoms with Gasteiger partial charge in [0.2, 0.25) is 0 Å². The summed E-state index contributed by atoms with van der Waals surface area (Å²) in [5.74, 6) is 0.515. The third-order valence-corrected chi connectivity index (χ3v) is 9.29. The number of esters is 1. The first-order chi connectivity index (χ1) is 16.7. The van der Waals surface area contributed by atoms with Gasteiger partial charge in [0.15, 0.2) is 8.32 Å². The maximum atomic E-state index is 13.2. The van der Waals surface area contributed by atoms with Crippen LogP contribution in [0.2, 0.25) is 19.6 Å². The minimum atomic E-state index is -1.90. The first-order valence-electron chi connectivity index (χ1n) is 13.2. The summed E-state index contributed by atoms with van der Waals surface area (Å²) in [6.07, 6.45) is 9.30. The van der Waals surface area contributed by atoms with Gasteiger partial charge in [-0.05, 0) is 57.0 Å². The monoisotopic (exact) mass is 562 g/mol. The molecule has 1 saturated heterocycles. The largest absolute Gasteiger partial charge is 0.458 e. The number of fused-ring (bicyclic) bond motifs is 1. The molecule has 192 valence electrons. The van der Waals surface area contributed by atoms with Crippen molar-refractivity contribution in [2.24, 2.45) is 17.8 Å². The van der Waals surface area contributed by atoms with Gasteiger partial charge in [-0.15, -0.1) is 0 Å². The normalized spacial score (nSPS) is 28.5. The fraction of sp³-hybridized carbons (Fsp3) is 0.643. The van der Waals surface area contributed by atoms with E-state index in [0.717, 1.165) is 43.2 Å². The smallest absolute Gasteiger partial charge is 0.338 e. The molecule has 0 spiro atoms. The SMILES string of the molecule is C[Si](C)(C)O[C@@H](CC(=O)C1CCCCC1)/C(Br)=C/[C@@H]1[C@H]2CCO[C@H]2C[C@H]1OC(=O)c1ccccc1. The summed E-state index contributed by atoms with van der Waals surface area (Å²) >= 11 is 3.82. The van der Waals surface area contributed by atoms with E-state index in [4.69, 9.17) is 13.9 Å². The Hall–Kier alpha value is -1.28. The van der Waals surface area contributed by atoms with E-state index in [0.29, 0.717) is 30.1 Å². The Morgan fingerprint density at radius 3 is 2.51 bits per heavy atom. The van der Waals surface area contributed by atoms with Gasteiger partial charge in [-0.2, -0.15) is 0 Å². The molecular weight excluding hydrogens is 524 g/mol. The second kappa shape index (κ2) is 11.8. The highest BCUT2D eigenvalue weighted by Crippen LogP contribution is 2.44. The van der Waals surface area contributed by atoms with Crippen LogP contribution in [0.15, 0.2) is 40.9 Å². The topological polar surface area (TPSA) is 61.8 Å². The van der Waals surface area contributed by atoms with E-state index in [1.807, 2.05) is 18.2 Å². The molecule has 0 aromatic heterocycles. The summed E-state index contributed by atoms with van der Waals surface area (Å²) in [7, 11) is -1.90. The standard InChI is InChI=1S/C28H39BrO5Si/c1-35(2,3)34-27(17-24(30)19-10-6-4-7-11-19)23(29)16-22-21-14-15-32-25(21)18-26(22)33-28(31)20-12-8-5-9-13-20/h5,8-9,12-13,16,19,21-22,25-27H,4,6-7,10-11,14-15,17-18H2,1-3H3/b23-16-/t21-,22-,25+,26-,27+/m1/s1. The van der Waals surface area contributed by atoms with E-state index >= 15 is 0 Å². The number of carbonyl (C=O) groups is 2. The number of ketones is 1. The maximum Gasteiger partial charge on any atom is 0.338 e. The number of halogens is 1. The van der Waals surface area contributed by atoms with Crippen molar-refractivity contribution < 1.29 is 23.5 Å². The molecule has 1 aromatic carbocycles. The average Bonchev–Trinajstić information content (AvgIpc) is 3.41. The van der Waals surface area contributed by atoms with Crippen LogP contribution in [-0.2, 0) is 18.7 Å². The van der Waals surface area contributed by atoms with E-state index in [2.05, 4.69) is 41.6 Å². The predicted molar refractivity (Wildman–Crippen MR) is 143 cm³/mol. The van der Waals surface area contributed by atoms with Crippen molar-refractivity contribution in [3.8, 4) is 0 Å². The van der Waals surface area contributed by atoms with E-state index < -0.39 is 8.32 Å². The number of carbonyl (C=O) groups excluding carboxylic acids is 2. The minimum absolute atomic E-state index is 0.0297. The van der Waals surface area contributed by atoms with Gasteiger partial charge < -0.3 is 13.9 Å². The van der Waals surface area contributed by atoms with Crippen LogP contribution in [0.4, 0.5) is 0 Å². The highest BCUT2D eigenvalue weighted by Gasteiger charge is 2.48. The average molecular weight is 564 g/mol. The molecule has 0 bridgehead atoms. The molecule has 2 saturated carbocycles. The molecule has 3 fully saturated rings. The van der Waals surface area contributed by atoms with Gasteiger partial charge in [0.25, 0.3) is 0 Å². The van der Waals surface area contributed by atoms with Crippen LogP contribution >= 0.6 is 15.9 Å². The van der Waals surface area contributed by atoms with Gasteiger partial charge in [-0.1, -0.05) is 59.5 Å². The summed E-state index contributed by atoms with van der Waals surface area (Å²) in [6, 6.07) is 9.14. The summed E-state index contributed by atoms with van der Waals surface area (Å²) in [4.78, 5) is 26.0. The lowest BCUT2D eigenvalue weighted by molar-refractivity contribution is -0.125. The van der Waals surface area contributed by atoms with E-state index in [1.165, 1.54) is 6.42 Å². The zero-order valence-corrected chi connectivity index (χ0v) is 23.8. The fourth-order valence-electron chi connectivity index (χ4n) is 5.83. The number of rotatable bonds is 9. The lowest BCUT2D eigenvalue weighted by Gasteiger charge is -2.29. The summed E-state index contributed by atoms with van der Waals surface area (Å²) in [6.45, 7) is 7.22. The summed E-state index contributed by atoms with van der Waals surface area (Å²) < 4.78 is 19.4. The molecule has 5 nitrogen and oxygen atoms in total. The molecule has 35 heavy (non-hydrogen) atoms. The molecule has 5 atom stereocenters. The lowest BCUT2D eigenvalue weighted by Crippen LogP contribution is -2.35. The van der Waals surface area contributed by atoms with Crippen molar-refractivity contribution in [2.45, 2.75) is 89.3 Å². The third-order valence-electron chi connectivity index (χ3n) is 7.52. The van der Waals surface area contributed by atoms with Crippen LogP contribution in [0.5, 0.6) is 0 Å². The van der Waals surface area contributed by atoms with Gasteiger partial charge in [0.1, 0.15) is 11.9 Å². The molecule has 3 aliphatic rings. The van der Waals surface area contributed by atoms with Crippen LogP contribution < -0.4 is 0 Å². The highest BCUT2D eigenvalue weighted by molar-refractivity contribution is 9.11. The lowest BCUT2D eigenvalue weighted by atomic mass is 9.84. The van der Waals surface area contributed by atoms with Gasteiger partial charge in [0.05, 0.1) is 17.8 Å². The Morgan fingerprint density at radius 1 is 1.11 bits per heavy atom. The Bertz CT molecular complexity index is 906. The van der Waals surface area contributed by atoms with Crippen LogP contribution in [0.25, 0.3) is 0 Å². The molecule has 2 aliphatic carbocycles. The van der Waals surface area contributed by atoms with Crippen LogP contribution in [0.1, 0.15) is 61.7 Å². The summed E-state index contributed by atoms with van der Waals surface area (Å²) in [5.41, 5.74) is 0.560. The summed E-state index contributed by atoms with van der Waals surface area (Å²) in [5, 5.41) is 0. The first kappa shape index (κ1) is 26.8. The van der Waals surface area contributed by atoms with Crippen LogP contribution in [-0.4, -0.2) is 45.0 Å². The Balaban J connectivity index is 1.52. The molecule has 1 aromatic rings. The second-order valence-electron chi connectivity index (χ2n) is 11.3. The molecule has 1 heterocycles. The molecule has 0 radical (unpaired) electrons. The number of hydrogen-bond donors (Lipinski definition) is 0. The molecule has 4 rings (SSSR count). The molecule has 1 aliphatic heterocycles. The van der Waals surface area contributed by atoms with Gasteiger partial charge >= 0.3 is 5.97 Å². The van der Waals surface area contributed by atoms with E-state index in [-0.39, 0.29) is 36.1 Å². The first-order valence-corrected chi connectivity index (χ1v) is 17.4. The molecule has 0 unspecified atom stereocenters. The highest BCUT2D eigenvalue weighted by atomic mass is 79.9. The molecular formula is C28H39BrO5Si.